The van der Waals surface area contributed by atoms with Crippen LogP contribution in [-0.2, 0) is 0 Å². The van der Waals surface area contributed by atoms with Crippen LogP contribution in [0.1, 0.15) is 16.7 Å². The summed E-state index contributed by atoms with van der Waals surface area (Å²) in [5, 5.41) is 3.95. The van der Waals surface area contributed by atoms with Crippen molar-refractivity contribution in [1.82, 2.24) is 5.32 Å². The fourth-order valence-electron chi connectivity index (χ4n) is 2.09. The lowest BCUT2D eigenvalue weighted by Crippen LogP contribution is -2.29. The molecule has 1 rings (SSSR count). The van der Waals surface area contributed by atoms with E-state index in [2.05, 4.69) is 10.2 Å². The van der Waals surface area contributed by atoms with E-state index in [1.54, 1.807) is 7.11 Å². The van der Waals surface area contributed by atoms with Gasteiger partial charge in [0, 0.05) is 12.1 Å². The summed E-state index contributed by atoms with van der Waals surface area (Å²) < 4.78 is 5.53. The van der Waals surface area contributed by atoms with Crippen molar-refractivity contribution in [2.75, 3.05) is 32.8 Å². The van der Waals surface area contributed by atoms with Crippen LogP contribution in [0.5, 0.6) is 5.75 Å². The fourth-order valence-corrected chi connectivity index (χ4v) is 2.32. The summed E-state index contributed by atoms with van der Waals surface area (Å²) in [5.74, 6) is 0.905. The molecule has 1 N–H and O–H groups in total. The van der Waals surface area contributed by atoms with Crippen LogP contribution >= 0.6 is 11.6 Å². The average molecular weight is 257 g/mol. The van der Waals surface area contributed by atoms with Crippen LogP contribution in [0.25, 0.3) is 0 Å². The Morgan fingerprint density at radius 2 is 1.76 bits per heavy atom. The molecule has 0 radical (unpaired) electrons. The zero-order valence-corrected chi connectivity index (χ0v) is 12.2. The first-order valence-electron chi connectivity index (χ1n) is 5.64. The Labute approximate surface area is 109 Å². The standard InChI is InChI=1S/C13H21ClN2O/c1-8-9(2)13(17-6)12(10(3)11(8)14)16(5)7-15-4/h15H,7H2,1-6H3. The molecule has 0 aliphatic heterocycles. The lowest BCUT2D eigenvalue weighted by atomic mass is 10.0. The summed E-state index contributed by atoms with van der Waals surface area (Å²) in [6.07, 6.45) is 0. The molecule has 0 unspecified atom stereocenters. The Hall–Kier alpha value is -0.930. The second-order valence-corrected chi connectivity index (χ2v) is 4.66. The highest BCUT2D eigenvalue weighted by Crippen LogP contribution is 2.41. The Bertz CT molecular complexity index is 419. The highest BCUT2D eigenvalue weighted by Gasteiger charge is 2.19. The van der Waals surface area contributed by atoms with Gasteiger partial charge in [0.05, 0.1) is 19.5 Å². The highest BCUT2D eigenvalue weighted by molar-refractivity contribution is 6.32. The number of nitrogens with one attached hydrogen (secondary N) is 1. The molecular weight excluding hydrogens is 236 g/mol. The zero-order valence-electron chi connectivity index (χ0n) is 11.4. The van der Waals surface area contributed by atoms with Crippen molar-refractivity contribution in [1.29, 1.82) is 0 Å². The topological polar surface area (TPSA) is 24.5 Å². The van der Waals surface area contributed by atoms with E-state index in [4.69, 9.17) is 16.3 Å². The van der Waals surface area contributed by atoms with Crippen LogP contribution in [0.4, 0.5) is 5.69 Å². The minimum Gasteiger partial charge on any atom is -0.494 e. The molecule has 0 spiro atoms. The van der Waals surface area contributed by atoms with E-state index in [0.717, 1.165) is 39.8 Å². The summed E-state index contributed by atoms with van der Waals surface area (Å²) in [7, 11) is 5.64. The Balaban J connectivity index is 3.46. The molecule has 1 aromatic rings. The predicted octanol–water partition coefficient (Wildman–Crippen LogP) is 2.89. The predicted molar refractivity (Wildman–Crippen MR) is 74.5 cm³/mol. The first-order chi connectivity index (χ1) is 7.95. The van der Waals surface area contributed by atoms with E-state index in [-0.39, 0.29) is 0 Å². The van der Waals surface area contributed by atoms with Crippen molar-refractivity contribution in [3.05, 3.63) is 21.7 Å². The summed E-state index contributed by atoms with van der Waals surface area (Å²) in [6, 6.07) is 0. The van der Waals surface area contributed by atoms with Crippen LogP contribution in [0, 0.1) is 20.8 Å². The Morgan fingerprint density at radius 3 is 2.24 bits per heavy atom. The van der Waals surface area contributed by atoms with Crippen LogP contribution in [0.3, 0.4) is 0 Å². The van der Waals surface area contributed by atoms with E-state index < -0.39 is 0 Å². The number of hydrogen-bond acceptors (Lipinski definition) is 3. The molecule has 17 heavy (non-hydrogen) atoms. The molecule has 1 aromatic carbocycles. The maximum absolute atomic E-state index is 6.36. The quantitative estimate of drug-likeness (QED) is 0.839. The molecule has 0 atom stereocenters. The van der Waals surface area contributed by atoms with Gasteiger partial charge < -0.3 is 15.0 Å². The van der Waals surface area contributed by atoms with Gasteiger partial charge >= 0.3 is 0 Å². The number of anilines is 1. The number of hydrogen-bond donors (Lipinski definition) is 1. The molecule has 96 valence electrons. The van der Waals surface area contributed by atoms with E-state index in [9.17, 15) is 0 Å². The first kappa shape index (κ1) is 14.1. The summed E-state index contributed by atoms with van der Waals surface area (Å²) >= 11 is 6.36. The highest BCUT2D eigenvalue weighted by atomic mass is 35.5. The van der Waals surface area contributed by atoms with E-state index >= 15 is 0 Å². The molecule has 0 fully saturated rings. The third-order valence-corrected chi connectivity index (χ3v) is 3.68. The van der Waals surface area contributed by atoms with E-state index in [1.165, 1.54) is 0 Å². The summed E-state index contributed by atoms with van der Waals surface area (Å²) in [6.45, 7) is 6.83. The van der Waals surface area contributed by atoms with Crippen molar-refractivity contribution in [2.24, 2.45) is 0 Å². The molecule has 0 saturated carbocycles. The lowest BCUT2D eigenvalue weighted by Gasteiger charge is -2.26. The van der Waals surface area contributed by atoms with Gasteiger partial charge in [-0.25, -0.2) is 0 Å². The maximum atomic E-state index is 6.36. The number of benzene rings is 1. The van der Waals surface area contributed by atoms with Gasteiger partial charge in [0.2, 0.25) is 0 Å². The van der Waals surface area contributed by atoms with Crippen molar-refractivity contribution >= 4 is 17.3 Å². The monoisotopic (exact) mass is 256 g/mol. The van der Waals surface area contributed by atoms with E-state index in [1.807, 2.05) is 34.9 Å². The third-order valence-electron chi connectivity index (χ3n) is 3.11. The van der Waals surface area contributed by atoms with Gasteiger partial charge in [-0.3, -0.25) is 0 Å². The number of rotatable bonds is 4. The van der Waals surface area contributed by atoms with E-state index in [0.29, 0.717) is 0 Å². The fraction of sp³-hybridized carbons (Fsp3) is 0.538. The molecular formula is C13H21ClN2O. The van der Waals surface area contributed by atoms with Crippen LogP contribution in [0.2, 0.25) is 5.02 Å². The summed E-state index contributed by atoms with van der Waals surface area (Å²) in [5.41, 5.74) is 4.29. The normalized spacial score (nSPS) is 10.5. The molecule has 0 aliphatic carbocycles. The second-order valence-electron chi connectivity index (χ2n) is 4.28. The largest absolute Gasteiger partial charge is 0.494 e. The van der Waals surface area contributed by atoms with Gasteiger partial charge in [-0.1, -0.05) is 11.6 Å². The van der Waals surface area contributed by atoms with Gasteiger partial charge in [-0.05, 0) is 44.5 Å². The minimum atomic E-state index is 0.746. The van der Waals surface area contributed by atoms with Gasteiger partial charge in [0.1, 0.15) is 5.75 Å². The number of nitrogens with zero attached hydrogens (tertiary/aromatic N) is 1. The van der Waals surface area contributed by atoms with Crippen molar-refractivity contribution < 1.29 is 4.74 Å². The van der Waals surface area contributed by atoms with Gasteiger partial charge in [-0.15, -0.1) is 0 Å². The van der Waals surface area contributed by atoms with Crippen LogP contribution < -0.4 is 15.0 Å². The molecule has 0 amide bonds. The number of halogens is 1. The van der Waals surface area contributed by atoms with Crippen LogP contribution in [0.15, 0.2) is 0 Å². The van der Waals surface area contributed by atoms with Gasteiger partial charge in [0.15, 0.2) is 0 Å². The molecule has 3 nitrogen and oxygen atoms in total. The van der Waals surface area contributed by atoms with Gasteiger partial charge in [0.25, 0.3) is 0 Å². The third kappa shape index (κ3) is 2.50. The second kappa shape index (κ2) is 5.61. The number of methoxy groups -OCH3 is 1. The van der Waals surface area contributed by atoms with Crippen LogP contribution in [-0.4, -0.2) is 27.9 Å². The maximum Gasteiger partial charge on any atom is 0.145 e. The van der Waals surface area contributed by atoms with Crippen molar-refractivity contribution in [3.8, 4) is 5.75 Å². The average Bonchev–Trinajstić information content (AvgIpc) is 2.31. The molecule has 4 heteroatoms. The number of ether oxygens (including phenoxy) is 1. The zero-order chi connectivity index (χ0) is 13.2. The Morgan fingerprint density at radius 1 is 1.18 bits per heavy atom. The SMILES string of the molecule is CNCN(C)c1c(C)c(Cl)c(C)c(C)c1OC. The molecule has 0 heterocycles. The van der Waals surface area contributed by atoms with Gasteiger partial charge in [-0.2, -0.15) is 0 Å². The minimum absolute atomic E-state index is 0.746. The molecule has 0 aliphatic rings. The summed E-state index contributed by atoms with van der Waals surface area (Å²) in [4.78, 5) is 2.10. The molecule has 0 aromatic heterocycles. The molecule has 0 saturated heterocycles. The van der Waals surface area contributed by atoms with Crippen molar-refractivity contribution in [2.45, 2.75) is 20.8 Å². The lowest BCUT2D eigenvalue weighted by molar-refractivity contribution is 0.411. The first-order valence-corrected chi connectivity index (χ1v) is 6.02. The molecule has 0 bridgehead atoms. The Kier molecular flexibility index (Phi) is 4.66. The van der Waals surface area contributed by atoms with Crippen molar-refractivity contribution in [3.63, 3.8) is 0 Å². The smallest absolute Gasteiger partial charge is 0.145 e.